The molecule has 3 rings (SSSR count). The molecule has 27 heavy (non-hydrogen) atoms. The molecule has 0 saturated heterocycles. The second-order valence-electron chi connectivity index (χ2n) is 6.94. The number of benzene rings is 1. The summed E-state index contributed by atoms with van der Waals surface area (Å²) in [6, 6.07) is 10.8. The van der Waals surface area contributed by atoms with E-state index in [9.17, 15) is 9.59 Å². The fourth-order valence-electron chi connectivity index (χ4n) is 3.09. The number of fused-ring (bicyclic) bond motifs is 1. The number of nitrogens with zero attached hydrogens (tertiary/aromatic N) is 4. The van der Waals surface area contributed by atoms with Gasteiger partial charge in [-0.05, 0) is 26.0 Å². The van der Waals surface area contributed by atoms with Crippen LogP contribution in [0, 0.1) is 0 Å². The third kappa shape index (κ3) is 3.95. The lowest BCUT2D eigenvalue weighted by atomic mass is 10.1. The number of aromatic nitrogens is 4. The standard InChI is InChI=1S/C19H26N6O2/c1-13(12-14-8-6-5-7-9-14)23(2)11-10-20-18-21-15-16(22-18)24(3)19(27)25(4)17(15)26/h5-9,13H,10-12H2,1-4H3,(H2,20,21,22). The van der Waals surface area contributed by atoms with Gasteiger partial charge in [0.2, 0.25) is 5.95 Å². The van der Waals surface area contributed by atoms with Crippen LogP contribution in [0.3, 0.4) is 0 Å². The Kier molecular flexibility index (Phi) is 5.46. The van der Waals surface area contributed by atoms with Gasteiger partial charge < -0.3 is 15.2 Å². The van der Waals surface area contributed by atoms with Gasteiger partial charge in [0.15, 0.2) is 11.2 Å². The second-order valence-corrected chi connectivity index (χ2v) is 6.94. The number of hydrogen-bond donors (Lipinski definition) is 2. The Morgan fingerprint density at radius 3 is 2.59 bits per heavy atom. The summed E-state index contributed by atoms with van der Waals surface area (Å²) in [7, 11) is 5.16. The van der Waals surface area contributed by atoms with E-state index in [1.54, 1.807) is 7.05 Å². The van der Waals surface area contributed by atoms with Crippen LogP contribution in [0.25, 0.3) is 11.2 Å². The molecule has 0 bridgehead atoms. The number of aromatic amines is 1. The largest absolute Gasteiger partial charge is 0.354 e. The normalized spacial score (nSPS) is 12.6. The van der Waals surface area contributed by atoms with Gasteiger partial charge in [-0.15, -0.1) is 0 Å². The minimum atomic E-state index is -0.389. The van der Waals surface area contributed by atoms with E-state index in [0.717, 1.165) is 17.5 Å². The Morgan fingerprint density at radius 1 is 1.19 bits per heavy atom. The highest BCUT2D eigenvalue weighted by Crippen LogP contribution is 2.09. The second kappa shape index (κ2) is 7.79. The number of anilines is 1. The maximum absolute atomic E-state index is 12.2. The van der Waals surface area contributed by atoms with Crippen LogP contribution < -0.4 is 16.6 Å². The van der Waals surface area contributed by atoms with Gasteiger partial charge in [0.25, 0.3) is 5.56 Å². The maximum atomic E-state index is 12.2. The molecule has 0 aliphatic carbocycles. The summed E-state index contributed by atoms with van der Waals surface area (Å²) in [5.41, 5.74) is 1.24. The van der Waals surface area contributed by atoms with Gasteiger partial charge in [-0.3, -0.25) is 13.9 Å². The summed E-state index contributed by atoms with van der Waals surface area (Å²) in [6.07, 6.45) is 0.986. The van der Waals surface area contributed by atoms with E-state index in [-0.39, 0.29) is 11.2 Å². The number of likely N-dealkylation sites (N-methyl/N-ethyl adjacent to an activating group) is 1. The third-order valence-electron chi connectivity index (χ3n) is 4.98. The Morgan fingerprint density at radius 2 is 1.89 bits per heavy atom. The fourth-order valence-corrected chi connectivity index (χ4v) is 3.09. The lowest BCUT2D eigenvalue weighted by molar-refractivity contribution is 0.266. The zero-order valence-corrected chi connectivity index (χ0v) is 16.2. The molecule has 1 unspecified atom stereocenters. The van der Waals surface area contributed by atoms with E-state index in [2.05, 4.69) is 58.4 Å². The van der Waals surface area contributed by atoms with E-state index in [4.69, 9.17) is 0 Å². The molecule has 0 spiro atoms. The average molecular weight is 370 g/mol. The number of hydrogen-bond acceptors (Lipinski definition) is 5. The van der Waals surface area contributed by atoms with Crippen LogP contribution in [0.4, 0.5) is 5.95 Å². The van der Waals surface area contributed by atoms with Crippen molar-refractivity contribution < 1.29 is 0 Å². The van der Waals surface area contributed by atoms with Crippen molar-refractivity contribution in [2.45, 2.75) is 19.4 Å². The predicted molar refractivity (Wildman–Crippen MR) is 107 cm³/mol. The van der Waals surface area contributed by atoms with Crippen molar-refractivity contribution in [3.05, 3.63) is 56.7 Å². The molecule has 0 amide bonds. The molecular formula is C19H26N6O2. The quantitative estimate of drug-likeness (QED) is 0.646. The Bertz CT molecular complexity index is 1030. The van der Waals surface area contributed by atoms with Gasteiger partial charge in [0.1, 0.15) is 0 Å². The van der Waals surface area contributed by atoms with Crippen molar-refractivity contribution in [3.8, 4) is 0 Å². The topological polar surface area (TPSA) is 88.0 Å². The minimum Gasteiger partial charge on any atom is -0.354 e. The Balaban J connectivity index is 1.62. The van der Waals surface area contributed by atoms with Crippen molar-refractivity contribution in [3.63, 3.8) is 0 Å². The summed E-state index contributed by atoms with van der Waals surface area (Å²) in [4.78, 5) is 33.8. The number of aryl methyl sites for hydroxylation is 1. The molecule has 1 aromatic carbocycles. The van der Waals surface area contributed by atoms with Crippen molar-refractivity contribution >= 4 is 17.1 Å². The Labute approximate surface area is 157 Å². The first-order valence-corrected chi connectivity index (χ1v) is 9.02. The van der Waals surface area contributed by atoms with Crippen molar-refractivity contribution in [1.29, 1.82) is 0 Å². The Hall–Kier alpha value is -2.87. The zero-order chi connectivity index (χ0) is 19.6. The summed E-state index contributed by atoms with van der Waals surface area (Å²) < 4.78 is 2.44. The minimum absolute atomic E-state index is 0.327. The summed E-state index contributed by atoms with van der Waals surface area (Å²) in [6.45, 7) is 3.69. The number of imidazole rings is 1. The molecule has 2 heterocycles. The van der Waals surface area contributed by atoms with Gasteiger partial charge in [-0.2, -0.15) is 4.98 Å². The zero-order valence-electron chi connectivity index (χ0n) is 16.2. The van der Waals surface area contributed by atoms with Gasteiger partial charge in [-0.1, -0.05) is 30.3 Å². The monoisotopic (exact) mass is 370 g/mol. The summed E-state index contributed by atoms with van der Waals surface area (Å²) >= 11 is 0. The first-order chi connectivity index (χ1) is 12.9. The number of nitrogens with one attached hydrogen (secondary N) is 2. The molecule has 8 nitrogen and oxygen atoms in total. The van der Waals surface area contributed by atoms with Crippen LogP contribution in [0.1, 0.15) is 12.5 Å². The number of rotatable bonds is 7. The van der Waals surface area contributed by atoms with E-state index >= 15 is 0 Å². The highest BCUT2D eigenvalue weighted by molar-refractivity contribution is 5.72. The molecule has 2 aromatic heterocycles. The van der Waals surface area contributed by atoms with Crippen molar-refractivity contribution in [1.82, 2.24) is 24.0 Å². The molecule has 3 aromatic rings. The number of H-pyrrole nitrogens is 1. The molecule has 8 heteroatoms. The molecule has 2 N–H and O–H groups in total. The third-order valence-corrected chi connectivity index (χ3v) is 4.98. The highest BCUT2D eigenvalue weighted by atomic mass is 16.2. The maximum Gasteiger partial charge on any atom is 0.332 e. The summed E-state index contributed by atoms with van der Waals surface area (Å²) in [5, 5.41) is 3.21. The molecule has 144 valence electrons. The van der Waals surface area contributed by atoms with Gasteiger partial charge in [0.05, 0.1) is 0 Å². The van der Waals surface area contributed by atoms with E-state index < -0.39 is 0 Å². The molecule has 0 aliphatic rings. The van der Waals surface area contributed by atoms with Gasteiger partial charge in [-0.25, -0.2) is 4.79 Å². The van der Waals surface area contributed by atoms with E-state index in [0.29, 0.717) is 29.7 Å². The fraction of sp³-hybridized carbons (Fsp3) is 0.421. The molecule has 1 atom stereocenters. The van der Waals surface area contributed by atoms with Crippen molar-refractivity contribution in [2.75, 3.05) is 25.5 Å². The van der Waals surface area contributed by atoms with Crippen LogP contribution in [-0.2, 0) is 20.5 Å². The molecule has 0 fully saturated rings. The van der Waals surface area contributed by atoms with Gasteiger partial charge in [0, 0.05) is 33.2 Å². The predicted octanol–water partition coefficient (Wildman–Crippen LogP) is 0.935. The van der Waals surface area contributed by atoms with E-state index in [1.807, 2.05) is 6.07 Å². The first-order valence-electron chi connectivity index (χ1n) is 9.02. The van der Waals surface area contributed by atoms with Crippen LogP contribution in [-0.4, -0.2) is 50.2 Å². The molecule has 0 radical (unpaired) electrons. The first kappa shape index (κ1) is 18.9. The van der Waals surface area contributed by atoms with Crippen LogP contribution in [0.5, 0.6) is 0 Å². The SMILES string of the molecule is CC(Cc1ccccc1)N(C)CCNc1nc2c([nH]1)c(=O)n(C)c(=O)n2C. The molecular weight excluding hydrogens is 344 g/mol. The van der Waals surface area contributed by atoms with Crippen LogP contribution in [0.15, 0.2) is 39.9 Å². The lowest BCUT2D eigenvalue weighted by Gasteiger charge is -2.24. The van der Waals surface area contributed by atoms with Crippen LogP contribution in [0.2, 0.25) is 0 Å². The highest BCUT2D eigenvalue weighted by Gasteiger charge is 2.14. The molecule has 0 saturated carbocycles. The van der Waals surface area contributed by atoms with Crippen molar-refractivity contribution in [2.24, 2.45) is 14.1 Å². The smallest absolute Gasteiger partial charge is 0.332 e. The van der Waals surface area contributed by atoms with E-state index in [1.165, 1.54) is 17.2 Å². The van der Waals surface area contributed by atoms with Crippen LogP contribution >= 0.6 is 0 Å². The summed E-state index contributed by atoms with van der Waals surface area (Å²) in [5.74, 6) is 0.493. The average Bonchev–Trinajstić information content (AvgIpc) is 3.09. The molecule has 0 aliphatic heterocycles. The van der Waals surface area contributed by atoms with Gasteiger partial charge >= 0.3 is 5.69 Å². The lowest BCUT2D eigenvalue weighted by Crippen LogP contribution is -2.36.